The van der Waals surface area contributed by atoms with Crippen LogP contribution in [-0.2, 0) is 11.3 Å². The van der Waals surface area contributed by atoms with Crippen LogP contribution < -0.4 is 10.6 Å². The molecule has 0 radical (unpaired) electrons. The first kappa shape index (κ1) is 18.5. The lowest BCUT2D eigenvalue weighted by Gasteiger charge is -2.24. The van der Waals surface area contributed by atoms with E-state index in [4.69, 9.17) is 0 Å². The number of hydrogen-bond acceptors (Lipinski definition) is 3. The molecule has 2 rings (SSSR count). The maximum absolute atomic E-state index is 12.7. The van der Waals surface area contributed by atoms with Gasteiger partial charge in [-0.1, -0.05) is 32.9 Å². The summed E-state index contributed by atoms with van der Waals surface area (Å²) < 4.78 is 0. The number of carbonyl (C=O) groups is 2. The number of likely N-dealkylation sites (N-methyl/N-ethyl adjacent to an activating group) is 1. The van der Waals surface area contributed by atoms with Crippen molar-refractivity contribution in [3.8, 4) is 0 Å². The molecule has 1 saturated heterocycles. The van der Waals surface area contributed by atoms with E-state index in [1.54, 1.807) is 0 Å². The van der Waals surface area contributed by atoms with Crippen molar-refractivity contribution in [1.82, 2.24) is 15.5 Å². The van der Waals surface area contributed by atoms with Gasteiger partial charge in [0, 0.05) is 36.7 Å². The van der Waals surface area contributed by atoms with Crippen LogP contribution in [0.15, 0.2) is 24.3 Å². The van der Waals surface area contributed by atoms with Crippen LogP contribution in [-0.4, -0.2) is 42.9 Å². The molecule has 5 nitrogen and oxygen atoms in total. The van der Waals surface area contributed by atoms with E-state index >= 15 is 0 Å². The average Bonchev–Trinajstić information content (AvgIpc) is 3.00. The first-order valence-corrected chi connectivity index (χ1v) is 8.65. The number of carbonyl (C=O) groups excluding carboxylic acids is 2. The lowest BCUT2D eigenvalue weighted by atomic mass is 9.95. The van der Waals surface area contributed by atoms with Crippen molar-refractivity contribution in [1.29, 1.82) is 0 Å². The number of amides is 2. The highest BCUT2D eigenvalue weighted by Gasteiger charge is 2.28. The van der Waals surface area contributed by atoms with Crippen LogP contribution in [0.25, 0.3) is 0 Å². The Balaban J connectivity index is 1.96. The van der Waals surface area contributed by atoms with Crippen molar-refractivity contribution in [2.45, 2.75) is 46.2 Å². The summed E-state index contributed by atoms with van der Waals surface area (Å²) in [6.45, 7) is 7.82. The van der Waals surface area contributed by atoms with Crippen molar-refractivity contribution in [3.05, 3.63) is 35.4 Å². The zero-order valence-corrected chi connectivity index (χ0v) is 15.2. The summed E-state index contributed by atoms with van der Waals surface area (Å²) in [7, 11) is 1.92. The number of likely N-dealkylation sites (tertiary alicyclic amines) is 1. The summed E-state index contributed by atoms with van der Waals surface area (Å²) in [6.07, 6.45) is 2.12. The van der Waals surface area contributed by atoms with E-state index in [2.05, 4.69) is 10.6 Å². The molecule has 5 heteroatoms. The highest BCUT2D eigenvalue weighted by molar-refractivity contribution is 5.94. The molecule has 1 aliphatic heterocycles. The molecule has 2 amide bonds. The molecule has 1 atom stereocenters. The maximum Gasteiger partial charge on any atom is 0.254 e. The fourth-order valence-corrected chi connectivity index (χ4v) is 2.93. The monoisotopic (exact) mass is 331 g/mol. The summed E-state index contributed by atoms with van der Waals surface area (Å²) in [5, 5.41) is 6.08. The van der Waals surface area contributed by atoms with Gasteiger partial charge in [-0.2, -0.15) is 0 Å². The molecule has 0 aliphatic carbocycles. The molecule has 24 heavy (non-hydrogen) atoms. The van der Waals surface area contributed by atoms with Crippen LogP contribution in [0.3, 0.4) is 0 Å². The van der Waals surface area contributed by atoms with Gasteiger partial charge in [-0.05, 0) is 37.6 Å². The summed E-state index contributed by atoms with van der Waals surface area (Å²) in [5.41, 5.74) is 1.31. The van der Waals surface area contributed by atoms with Gasteiger partial charge in [-0.15, -0.1) is 0 Å². The average molecular weight is 331 g/mol. The molecule has 0 saturated carbocycles. The molecular weight excluding hydrogens is 302 g/mol. The van der Waals surface area contributed by atoms with Gasteiger partial charge < -0.3 is 15.5 Å². The summed E-state index contributed by atoms with van der Waals surface area (Å²) in [6, 6.07) is 7.83. The van der Waals surface area contributed by atoms with Crippen molar-refractivity contribution < 1.29 is 9.59 Å². The van der Waals surface area contributed by atoms with Crippen molar-refractivity contribution in [2.24, 2.45) is 5.41 Å². The zero-order chi connectivity index (χ0) is 17.7. The number of nitrogens with zero attached hydrogens (tertiary/aromatic N) is 1. The van der Waals surface area contributed by atoms with Crippen LogP contribution >= 0.6 is 0 Å². The van der Waals surface area contributed by atoms with Crippen LogP contribution in [0.4, 0.5) is 0 Å². The lowest BCUT2D eigenvalue weighted by Crippen LogP contribution is -2.40. The van der Waals surface area contributed by atoms with Gasteiger partial charge >= 0.3 is 0 Å². The number of benzene rings is 1. The third-order valence-electron chi connectivity index (χ3n) is 4.41. The summed E-state index contributed by atoms with van der Waals surface area (Å²) in [4.78, 5) is 26.5. The Labute approximate surface area is 144 Å². The van der Waals surface area contributed by atoms with Crippen LogP contribution in [0, 0.1) is 5.41 Å². The Morgan fingerprint density at radius 3 is 2.46 bits per heavy atom. The Morgan fingerprint density at radius 2 is 1.88 bits per heavy atom. The van der Waals surface area contributed by atoms with Crippen LogP contribution in [0.2, 0.25) is 0 Å². The van der Waals surface area contributed by atoms with E-state index in [9.17, 15) is 9.59 Å². The second-order valence-corrected chi connectivity index (χ2v) is 7.48. The van der Waals surface area contributed by atoms with Crippen molar-refractivity contribution in [2.75, 3.05) is 20.1 Å². The first-order chi connectivity index (χ1) is 11.3. The number of hydrogen-bond donors (Lipinski definition) is 2. The highest BCUT2D eigenvalue weighted by atomic mass is 16.2. The Kier molecular flexibility index (Phi) is 5.99. The molecule has 0 bridgehead atoms. The minimum Gasteiger partial charge on any atom is -0.352 e. The highest BCUT2D eigenvalue weighted by Crippen LogP contribution is 2.20. The lowest BCUT2D eigenvalue weighted by molar-refractivity contribution is -0.128. The fourth-order valence-electron chi connectivity index (χ4n) is 2.93. The van der Waals surface area contributed by atoms with E-state index in [1.807, 2.05) is 57.0 Å². The molecule has 0 spiro atoms. The van der Waals surface area contributed by atoms with E-state index in [1.165, 1.54) is 0 Å². The summed E-state index contributed by atoms with van der Waals surface area (Å²) >= 11 is 0. The first-order valence-electron chi connectivity index (χ1n) is 8.65. The third kappa shape index (κ3) is 4.57. The molecule has 1 aromatic rings. The predicted octanol–water partition coefficient (Wildman–Crippen LogP) is 2.17. The van der Waals surface area contributed by atoms with Gasteiger partial charge in [0.1, 0.15) is 0 Å². The van der Waals surface area contributed by atoms with Crippen LogP contribution in [0.1, 0.15) is 49.5 Å². The van der Waals surface area contributed by atoms with Crippen molar-refractivity contribution in [3.63, 3.8) is 0 Å². The molecule has 0 aromatic heterocycles. The number of nitrogens with one attached hydrogen (secondary N) is 2. The van der Waals surface area contributed by atoms with E-state index in [0.29, 0.717) is 12.1 Å². The fraction of sp³-hybridized carbons (Fsp3) is 0.579. The Hall–Kier alpha value is -1.88. The topological polar surface area (TPSA) is 61.4 Å². The van der Waals surface area contributed by atoms with E-state index in [0.717, 1.165) is 31.5 Å². The maximum atomic E-state index is 12.7. The molecule has 1 heterocycles. The number of rotatable bonds is 5. The SMILES string of the molecule is CNCC1CCCN1C(=O)c1ccc(CNC(=O)C(C)(C)C)cc1. The van der Waals surface area contributed by atoms with Gasteiger partial charge in [0.2, 0.25) is 5.91 Å². The summed E-state index contributed by atoms with van der Waals surface area (Å²) in [5.74, 6) is 0.118. The molecule has 1 aromatic carbocycles. The van der Waals surface area contributed by atoms with Gasteiger partial charge in [-0.3, -0.25) is 9.59 Å². The van der Waals surface area contributed by atoms with E-state index in [-0.39, 0.29) is 17.9 Å². The Bertz CT molecular complexity index is 575. The second kappa shape index (κ2) is 7.79. The molecule has 1 unspecified atom stereocenters. The molecule has 1 fully saturated rings. The van der Waals surface area contributed by atoms with Crippen molar-refractivity contribution >= 4 is 11.8 Å². The second-order valence-electron chi connectivity index (χ2n) is 7.48. The zero-order valence-electron chi connectivity index (χ0n) is 15.2. The van der Waals surface area contributed by atoms with Gasteiger partial charge in [-0.25, -0.2) is 0 Å². The standard InChI is InChI=1S/C19H29N3O2/c1-19(2,3)18(24)21-12-14-7-9-15(10-8-14)17(23)22-11-5-6-16(22)13-20-4/h7-10,16,20H,5-6,11-13H2,1-4H3,(H,21,24). The van der Waals surface area contributed by atoms with Gasteiger partial charge in [0.15, 0.2) is 0 Å². The minimum atomic E-state index is -0.395. The van der Waals surface area contributed by atoms with Crippen LogP contribution in [0.5, 0.6) is 0 Å². The minimum absolute atomic E-state index is 0.0228. The quantitative estimate of drug-likeness (QED) is 0.869. The van der Waals surface area contributed by atoms with Gasteiger partial charge in [0.05, 0.1) is 0 Å². The smallest absolute Gasteiger partial charge is 0.254 e. The Morgan fingerprint density at radius 1 is 1.21 bits per heavy atom. The van der Waals surface area contributed by atoms with E-state index < -0.39 is 5.41 Å². The van der Waals surface area contributed by atoms with Gasteiger partial charge in [0.25, 0.3) is 5.91 Å². The molecule has 2 N–H and O–H groups in total. The predicted molar refractivity (Wildman–Crippen MR) is 95.7 cm³/mol. The molecular formula is C19H29N3O2. The third-order valence-corrected chi connectivity index (χ3v) is 4.41. The normalized spacial score (nSPS) is 17.8. The largest absolute Gasteiger partial charge is 0.352 e. The molecule has 132 valence electrons. The molecule has 1 aliphatic rings.